The fourth-order valence-corrected chi connectivity index (χ4v) is 10.0. The molecule has 33 heavy (non-hydrogen) atoms. The zero-order valence-corrected chi connectivity index (χ0v) is 21.1. The van der Waals surface area contributed by atoms with Gasteiger partial charge in [-0.3, -0.25) is 9.69 Å². The van der Waals surface area contributed by atoms with E-state index in [0.717, 1.165) is 75.7 Å². The number of nitrogens with one attached hydrogen (secondary N) is 1. The molecular weight excluding hydrogens is 410 g/mol. The van der Waals surface area contributed by atoms with Crippen LogP contribution < -0.4 is 5.32 Å². The molecule has 4 aliphatic carbocycles. The van der Waals surface area contributed by atoms with E-state index in [0.29, 0.717) is 17.4 Å². The predicted molar refractivity (Wildman–Crippen MR) is 131 cm³/mol. The van der Waals surface area contributed by atoms with Crippen LogP contribution in [0, 0.1) is 34.5 Å². The van der Waals surface area contributed by atoms with Gasteiger partial charge in [-0.15, -0.1) is 0 Å². The maximum atomic E-state index is 12.8. The molecule has 5 heteroatoms. The highest BCUT2D eigenvalue weighted by Crippen LogP contribution is 2.66. The average molecular weight is 458 g/mol. The molecule has 2 N–H and O–H groups in total. The number of amides is 1. The molecule has 186 valence electrons. The summed E-state index contributed by atoms with van der Waals surface area (Å²) in [5.74, 6) is 3.71. The predicted octanol–water partition coefficient (Wildman–Crippen LogP) is 3.65. The lowest BCUT2D eigenvalue weighted by Crippen LogP contribution is -2.59. The van der Waals surface area contributed by atoms with Gasteiger partial charge in [0.2, 0.25) is 5.91 Å². The molecule has 6 aliphatic rings. The van der Waals surface area contributed by atoms with Gasteiger partial charge < -0.3 is 15.3 Å². The van der Waals surface area contributed by atoms with E-state index < -0.39 is 0 Å². The van der Waals surface area contributed by atoms with Crippen molar-refractivity contribution < 1.29 is 9.90 Å². The second-order valence-corrected chi connectivity index (χ2v) is 13.2. The summed E-state index contributed by atoms with van der Waals surface area (Å²) in [6, 6.07) is 0.783. The van der Waals surface area contributed by atoms with Crippen molar-refractivity contribution in [3.05, 3.63) is 0 Å². The van der Waals surface area contributed by atoms with E-state index in [-0.39, 0.29) is 17.6 Å². The van der Waals surface area contributed by atoms with Gasteiger partial charge in [0, 0.05) is 32.2 Å². The number of hydrogen-bond acceptors (Lipinski definition) is 4. The lowest BCUT2D eigenvalue weighted by Gasteiger charge is -2.62. The fourth-order valence-electron chi connectivity index (χ4n) is 10.0. The first-order valence-electron chi connectivity index (χ1n) is 14.3. The molecule has 2 aliphatic heterocycles. The first-order chi connectivity index (χ1) is 15.9. The summed E-state index contributed by atoms with van der Waals surface area (Å²) in [6.45, 7) is 10.0. The summed E-state index contributed by atoms with van der Waals surface area (Å²) in [4.78, 5) is 17.7. The Bertz CT molecular complexity index is 745. The Labute approximate surface area is 201 Å². The number of aliphatic hydroxyl groups excluding tert-OH is 1. The van der Waals surface area contributed by atoms with E-state index in [1.165, 1.54) is 51.4 Å². The van der Waals surface area contributed by atoms with Gasteiger partial charge in [-0.2, -0.15) is 0 Å². The van der Waals surface area contributed by atoms with E-state index in [1.807, 2.05) is 0 Å². The summed E-state index contributed by atoms with van der Waals surface area (Å²) in [6.07, 6.45) is 13.9. The van der Waals surface area contributed by atoms with Crippen LogP contribution in [0.4, 0.5) is 0 Å². The average Bonchev–Trinajstić information content (AvgIpc) is 3.46. The summed E-state index contributed by atoms with van der Waals surface area (Å²) >= 11 is 0. The van der Waals surface area contributed by atoms with Gasteiger partial charge in [0.05, 0.1) is 12.1 Å². The Morgan fingerprint density at radius 2 is 1.64 bits per heavy atom. The number of aliphatic hydroxyl groups is 1. The van der Waals surface area contributed by atoms with E-state index in [1.54, 1.807) is 0 Å². The van der Waals surface area contributed by atoms with Crippen LogP contribution in [0.15, 0.2) is 0 Å². The Morgan fingerprint density at radius 3 is 2.39 bits per heavy atom. The highest BCUT2D eigenvalue weighted by Gasteiger charge is 2.60. The summed E-state index contributed by atoms with van der Waals surface area (Å²) in [5.41, 5.74) is 0.664. The Hall–Kier alpha value is -0.650. The normalized spacial score (nSPS) is 50.5. The van der Waals surface area contributed by atoms with Crippen LogP contribution in [0.1, 0.15) is 84.5 Å². The molecule has 2 saturated heterocycles. The van der Waals surface area contributed by atoms with Gasteiger partial charge in [-0.1, -0.05) is 13.8 Å². The first kappa shape index (κ1) is 22.8. The summed E-state index contributed by atoms with van der Waals surface area (Å²) in [5, 5.41) is 14.2. The van der Waals surface area contributed by atoms with Crippen molar-refractivity contribution in [2.24, 2.45) is 34.5 Å². The maximum Gasteiger partial charge on any atom is 0.239 e. The minimum absolute atomic E-state index is 0.0634. The van der Waals surface area contributed by atoms with Crippen LogP contribution in [0.3, 0.4) is 0 Å². The van der Waals surface area contributed by atoms with E-state index in [9.17, 15) is 9.90 Å². The van der Waals surface area contributed by atoms with E-state index >= 15 is 0 Å². The monoisotopic (exact) mass is 457 g/mol. The molecule has 0 radical (unpaired) electrons. The third-order valence-corrected chi connectivity index (χ3v) is 12.0. The molecular formula is C28H47N3O2. The van der Waals surface area contributed by atoms with E-state index in [2.05, 4.69) is 29.0 Å². The topological polar surface area (TPSA) is 55.8 Å². The molecule has 6 fully saturated rings. The van der Waals surface area contributed by atoms with Crippen molar-refractivity contribution in [3.63, 3.8) is 0 Å². The molecule has 5 nitrogen and oxygen atoms in total. The van der Waals surface area contributed by atoms with Crippen LogP contribution in [-0.4, -0.2) is 71.7 Å². The number of piperazine rings is 1. The van der Waals surface area contributed by atoms with Gasteiger partial charge in [-0.05, 0) is 112 Å². The van der Waals surface area contributed by atoms with Gasteiger partial charge in [-0.25, -0.2) is 0 Å². The molecule has 0 spiro atoms. The third kappa shape index (κ3) is 3.62. The largest absolute Gasteiger partial charge is 0.393 e. The Morgan fingerprint density at radius 1 is 0.879 bits per heavy atom. The molecule has 9 atom stereocenters. The number of carbonyl (C=O) groups excluding carboxylic acids is 1. The highest BCUT2D eigenvalue weighted by molar-refractivity contribution is 5.82. The summed E-state index contributed by atoms with van der Waals surface area (Å²) < 4.78 is 0. The van der Waals surface area contributed by atoms with Crippen LogP contribution in [0.25, 0.3) is 0 Å². The molecule has 0 aromatic heterocycles. The third-order valence-electron chi connectivity index (χ3n) is 12.0. The van der Waals surface area contributed by atoms with Crippen molar-refractivity contribution >= 4 is 5.91 Å². The quantitative estimate of drug-likeness (QED) is 0.665. The lowest BCUT2D eigenvalue weighted by molar-refractivity contribution is -0.140. The Balaban J connectivity index is 1.12. The van der Waals surface area contributed by atoms with Gasteiger partial charge >= 0.3 is 0 Å². The molecule has 0 aromatic rings. The van der Waals surface area contributed by atoms with Crippen molar-refractivity contribution in [2.45, 2.75) is 103 Å². The zero-order valence-electron chi connectivity index (χ0n) is 21.1. The van der Waals surface area contributed by atoms with Crippen molar-refractivity contribution in [1.29, 1.82) is 0 Å². The molecule has 5 unspecified atom stereocenters. The van der Waals surface area contributed by atoms with E-state index in [4.69, 9.17) is 0 Å². The number of fused-ring (bicyclic) bond motifs is 5. The minimum atomic E-state index is -0.0634. The van der Waals surface area contributed by atoms with Crippen LogP contribution >= 0.6 is 0 Å². The molecule has 1 amide bonds. The molecule has 2 heterocycles. The first-order valence-corrected chi connectivity index (χ1v) is 14.3. The number of hydrogen-bond donors (Lipinski definition) is 2. The van der Waals surface area contributed by atoms with Gasteiger partial charge in [0.15, 0.2) is 0 Å². The molecule has 0 bridgehead atoms. The van der Waals surface area contributed by atoms with Crippen molar-refractivity contribution in [2.75, 3.05) is 32.7 Å². The van der Waals surface area contributed by atoms with Crippen molar-refractivity contribution in [1.82, 2.24) is 15.1 Å². The van der Waals surface area contributed by atoms with Gasteiger partial charge in [0.25, 0.3) is 0 Å². The smallest absolute Gasteiger partial charge is 0.239 e. The second kappa shape index (κ2) is 8.48. The van der Waals surface area contributed by atoms with Crippen molar-refractivity contribution in [3.8, 4) is 0 Å². The number of nitrogens with zero attached hydrogens (tertiary/aromatic N) is 2. The second-order valence-electron chi connectivity index (χ2n) is 13.2. The minimum Gasteiger partial charge on any atom is -0.393 e. The maximum absolute atomic E-state index is 12.8. The fraction of sp³-hybridized carbons (Fsp3) is 0.964. The Kier molecular flexibility index (Phi) is 5.86. The van der Waals surface area contributed by atoms with Crippen LogP contribution in [-0.2, 0) is 4.79 Å². The lowest BCUT2D eigenvalue weighted by atomic mass is 9.45. The standard InChI is InChI=1S/C28H47N3O2/c1-27-12-11-23-21(22(27)9-10-25(27)32)8-6-19-5-7-20(18-28(19,23)2)30-14-16-31(17-15-30)26(33)24-4-3-13-29-24/h19-25,29,32H,3-18H2,1-2H3/t19?,20-,21?,22?,23?,24?,25+,27+,28+/m1/s1. The molecule has 4 saturated carbocycles. The molecule has 6 rings (SSSR count). The highest BCUT2D eigenvalue weighted by atomic mass is 16.3. The SMILES string of the molecule is C[C@]12C[C@H](N3CCN(C(=O)C4CCCN4)CC3)CCC1CCC1C2CC[C@@]2(C)C1CC[C@@H]2O. The zero-order chi connectivity index (χ0) is 22.8. The number of rotatable bonds is 2. The van der Waals surface area contributed by atoms with Crippen LogP contribution in [0.2, 0.25) is 0 Å². The van der Waals surface area contributed by atoms with Crippen LogP contribution in [0.5, 0.6) is 0 Å². The number of carbonyl (C=O) groups is 1. The molecule has 0 aromatic carbocycles. The summed E-state index contributed by atoms with van der Waals surface area (Å²) in [7, 11) is 0. The van der Waals surface area contributed by atoms with Gasteiger partial charge in [0.1, 0.15) is 0 Å².